The summed E-state index contributed by atoms with van der Waals surface area (Å²) in [4.78, 5) is 24.6. The maximum atomic E-state index is 12.3. The van der Waals surface area contributed by atoms with E-state index in [-0.39, 0.29) is 6.54 Å². The van der Waals surface area contributed by atoms with E-state index in [1.807, 2.05) is 6.92 Å². The lowest BCUT2D eigenvalue weighted by atomic mass is 10.2. The Balaban J connectivity index is 2.77. The molecule has 112 valence electrons. The molecule has 1 unspecified atom stereocenters. The molecule has 0 fully saturated rings. The molecule has 1 aromatic heterocycles. The van der Waals surface area contributed by atoms with Crippen molar-refractivity contribution in [2.75, 3.05) is 6.54 Å². The Morgan fingerprint density at radius 3 is 2.60 bits per heavy atom. The van der Waals surface area contributed by atoms with Gasteiger partial charge < -0.3 is 15.4 Å². The Labute approximate surface area is 112 Å². The van der Waals surface area contributed by atoms with Crippen molar-refractivity contribution < 1.29 is 23.1 Å². The number of pyridine rings is 1. The molecular formula is C12H15F3N2O3. The first-order chi connectivity index (χ1) is 9.25. The molecule has 1 aromatic rings. The highest BCUT2D eigenvalue weighted by atomic mass is 19.4. The molecule has 0 bridgehead atoms. The van der Waals surface area contributed by atoms with E-state index in [0.717, 1.165) is 12.5 Å². The Morgan fingerprint density at radius 1 is 1.45 bits per heavy atom. The minimum absolute atomic E-state index is 0.0624. The number of carbonyl (C=O) groups excluding carboxylic acids is 1. The second kappa shape index (κ2) is 6.56. The maximum absolute atomic E-state index is 12.3. The van der Waals surface area contributed by atoms with Gasteiger partial charge in [0.25, 0.3) is 11.5 Å². The summed E-state index contributed by atoms with van der Waals surface area (Å²) in [6.07, 6.45) is -4.23. The SMILES string of the molecule is CCCC(O)CNC(=O)c1ccc(C(F)(F)F)[nH]c1=O. The zero-order valence-corrected chi connectivity index (χ0v) is 10.8. The second-order valence-electron chi connectivity index (χ2n) is 4.27. The van der Waals surface area contributed by atoms with Crippen molar-refractivity contribution in [3.8, 4) is 0 Å². The highest BCUT2D eigenvalue weighted by molar-refractivity contribution is 5.93. The minimum atomic E-state index is -4.68. The zero-order chi connectivity index (χ0) is 15.3. The fourth-order valence-corrected chi connectivity index (χ4v) is 1.56. The first-order valence-corrected chi connectivity index (χ1v) is 6.02. The number of aliphatic hydroxyl groups is 1. The average Bonchev–Trinajstić information content (AvgIpc) is 2.35. The van der Waals surface area contributed by atoms with Gasteiger partial charge in [-0.2, -0.15) is 13.2 Å². The van der Waals surface area contributed by atoms with Gasteiger partial charge >= 0.3 is 6.18 Å². The summed E-state index contributed by atoms with van der Waals surface area (Å²) >= 11 is 0. The largest absolute Gasteiger partial charge is 0.431 e. The van der Waals surface area contributed by atoms with E-state index in [4.69, 9.17) is 0 Å². The molecule has 0 aliphatic heterocycles. The summed E-state index contributed by atoms with van der Waals surface area (Å²) in [5.41, 5.74) is -2.77. The average molecular weight is 292 g/mol. The number of nitrogens with one attached hydrogen (secondary N) is 2. The van der Waals surface area contributed by atoms with E-state index < -0.39 is 35.0 Å². The van der Waals surface area contributed by atoms with E-state index in [2.05, 4.69) is 5.32 Å². The third-order valence-corrected chi connectivity index (χ3v) is 2.58. The smallest absolute Gasteiger partial charge is 0.391 e. The number of aromatic amines is 1. The molecule has 0 saturated heterocycles. The molecular weight excluding hydrogens is 277 g/mol. The van der Waals surface area contributed by atoms with Crippen LogP contribution in [0.15, 0.2) is 16.9 Å². The monoisotopic (exact) mass is 292 g/mol. The van der Waals surface area contributed by atoms with E-state index in [9.17, 15) is 27.9 Å². The summed E-state index contributed by atoms with van der Waals surface area (Å²) in [5.74, 6) is -0.824. The molecule has 0 aliphatic carbocycles. The standard InChI is InChI=1S/C12H15F3N2O3/c1-2-3-7(18)6-16-10(19)8-4-5-9(12(13,14)15)17-11(8)20/h4-5,7,18H,2-3,6H2,1H3,(H,16,19)(H,17,20). The Hall–Kier alpha value is -1.83. The van der Waals surface area contributed by atoms with Crippen LogP contribution in [0.25, 0.3) is 0 Å². The number of H-pyrrole nitrogens is 1. The van der Waals surface area contributed by atoms with E-state index in [0.29, 0.717) is 12.5 Å². The van der Waals surface area contributed by atoms with Crippen LogP contribution in [-0.4, -0.2) is 28.6 Å². The van der Waals surface area contributed by atoms with Crippen LogP contribution in [-0.2, 0) is 6.18 Å². The van der Waals surface area contributed by atoms with Crippen LogP contribution in [0.5, 0.6) is 0 Å². The molecule has 0 aromatic carbocycles. The molecule has 0 saturated carbocycles. The Bertz CT molecular complexity index is 525. The van der Waals surface area contributed by atoms with E-state index in [1.54, 1.807) is 4.98 Å². The maximum Gasteiger partial charge on any atom is 0.431 e. The Morgan fingerprint density at radius 2 is 2.10 bits per heavy atom. The lowest BCUT2D eigenvalue weighted by Gasteiger charge is -2.11. The fourth-order valence-electron chi connectivity index (χ4n) is 1.56. The first-order valence-electron chi connectivity index (χ1n) is 6.02. The summed E-state index contributed by atoms with van der Waals surface area (Å²) < 4.78 is 37.0. The van der Waals surface area contributed by atoms with E-state index >= 15 is 0 Å². The second-order valence-corrected chi connectivity index (χ2v) is 4.27. The summed E-state index contributed by atoms with van der Waals surface area (Å²) in [6, 6.07) is 1.43. The number of aromatic nitrogens is 1. The minimum Gasteiger partial charge on any atom is -0.391 e. The highest BCUT2D eigenvalue weighted by Crippen LogP contribution is 2.26. The van der Waals surface area contributed by atoms with Gasteiger partial charge in [0.15, 0.2) is 0 Å². The molecule has 0 radical (unpaired) electrons. The van der Waals surface area contributed by atoms with Gasteiger partial charge in [-0.25, -0.2) is 0 Å². The van der Waals surface area contributed by atoms with Crippen molar-refractivity contribution in [3.05, 3.63) is 33.7 Å². The molecule has 5 nitrogen and oxygen atoms in total. The fraction of sp³-hybridized carbons (Fsp3) is 0.500. The number of hydrogen-bond acceptors (Lipinski definition) is 3. The molecule has 8 heteroatoms. The van der Waals surface area contributed by atoms with Gasteiger partial charge in [0.1, 0.15) is 11.3 Å². The van der Waals surface area contributed by atoms with Crippen LogP contribution in [0.4, 0.5) is 13.2 Å². The predicted molar refractivity (Wildman–Crippen MR) is 65.3 cm³/mol. The first kappa shape index (κ1) is 16.2. The van der Waals surface area contributed by atoms with Crippen LogP contribution < -0.4 is 10.9 Å². The summed E-state index contributed by atoms with van der Waals surface area (Å²) in [5, 5.41) is 11.7. The lowest BCUT2D eigenvalue weighted by Crippen LogP contribution is -2.35. The van der Waals surface area contributed by atoms with Crippen LogP contribution in [0.2, 0.25) is 0 Å². The lowest BCUT2D eigenvalue weighted by molar-refractivity contribution is -0.141. The predicted octanol–water partition coefficient (Wildman–Crippen LogP) is 1.28. The van der Waals surface area contributed by atoms with Crippen molar-refractivity contribution in [1.82, 2.24) is 10.3 Å². The molecule has 1 amide bonds. The molecule has 1 rings (SSSR count). The van der Waals surface area contributed by atoms with Gasteiger partial charge in [0, 0.05) is 6.54 Å². The Kier molecular flexibility index (Phi) is 5.32. The van der Waals surface area contributed by atoms with Crippen LogP contribution in [0.1, 0.15) is 35.8 Å². The van der Waals surface area contributed by atoms with Gasteiger partial charge in [0.2, 0.25) is 0 Å². The number of amides is 1. The zero-order valence-electron chi connectivity index (χ0n) is 10.8. The van der Waals surface area contributed by atoms with Crippen molar-refractivity contribution in [1.29, 1.82) is 0 Å². The topological polar surface area (TPSA) is 82.2 Å². The highest BCUT2D eigenvalue weighted by Gasteiger charge is 2.32. The molecule has 1 atom stereocenters. The number of aliphatic hydroxyl groups excluding tert-OH is 1. The van der Waals surface area contributed by atoms with Gasteiger partial charge in [-0.3, -0.25) is 9.59 Å². The van der Waals surface area contributed by atoms with Crippen molar-refractivity contribution in [3.63, 3.8) is 0 Å². The molecule has 0 spiro atoms. The third-order valence-electron chi connectivity index (χ3n) is 2.58. The van der Waals surface area contributed by atoms with Gasteiger partial charge in [-0.05, 0) is 18.6 Å². The molecule has 1 heterocycles. The van der Waals surface area contributed by atoms with Crippen molar-refractivity contribution in [2.45, 2.75) is 32.0 Å². The number of carbonyl (C=O) groups is 1. The van der Waals surface area contributed by atoms with Crippen LogP contribution in [0, 0.1) is 0 Å². The quantitative estimate of drug-likeness (QED) is 0.764. The molecule has 3 N–H and O–H groups in total. The van der Waals surface area contributed by atoms with Crippen molar-refractivity contribution in [2.24, 2.45) is 0 Å². The number of rotatable bonds is 5. The van der Waals surface area contributed by atoms with Crippen molar-refractivity contribution >= 4 is 5.91 Å². The van der Waals surface area contributed by atoms with Gasteiger partial charge in [0.05, 0.1) is 6.10 Å². The third kappa shape index (κ3) is 4.37. The van der Waals surface area contributed by atoms with E-state index in [1.165, 1.54) is 0 Å². The number of halogens is 3. The number of hydrogen-bond donors (Lipinski definition) is 3. The summed E-state index contributed by atoms with van der Waals surface area (Å²) in [7, 11) is 0. The molecule has 0 aliphatic rings. The number of alkyl halides is 3. The van der Waals surface area contributed by atoms with Crippen LogP contribution >= 0.6 is 0 Å². The molecule has 20 heavy (non-hydrogen) atoms. The van der Waals surface area contributed by atoms with Crippen LogP contribution in [0.3, 0.4) is 0 Å². The normalized spacial score (nSPS) is 13.1. The van der Waals surface area contributed by atoms with Gasteiger partial charge in [-0.15, -0.1) is 0 Å². The summed E-state index contributed by atoms with van der Waals surface area (Å²) in [6.45, 7) is 1.79. The van der Waals surface area contributed by atoms with Gasteiger partial charge in [-0.1, -0.05) is 13.3 Å².